The molecule has 4 aromatic rings. The summed E-state index contributed by atoms with van der Waals surface area (Å²) >= 11 is 7.62. The fraction of sp³-hybridized carbons (Fsp3) is 0.250. The lowest BCUT2D eigenvalue weighted by atomic mass is 9.93. The highest BCUT2D eigenvalue weighted by Gasteiger charge is 2.34. The van der Waals surface area contributed by atoms with Crippen molar-refractivity contribution in [1.82, 2.24) is 14.8 Å². The number of aryl methyl sites for hydroxylation is 1. The Morgan fingerprint density at radius 1 is 1.21 bits per heavy atom. The number of nitriles is 1. The Hall–Kier alpha value is -3.19. The van der Waals surface area contributed by atoms with Gasteiger partial charge in [-0.2, -0.15) is 5.26 Å². The normalized spacial score (nSPS) is 18.1. The maximum absolute atomic E-state index is 15.9. The molecule has 0 spiro atoms. The maximum atomic E-state index is 15.9. The number of fused-ring (bicyclic) bond motifs is 2. The van der Waals surface area contributed by atoms with Crippen LogP contribution in [0.4, 0.5) is 13.8 Å². The molecule has 1 fully saturated rings. The highest BCUT2D eigenvalue weighted by Crippen LogP contribution is 2.46. The summed E-state index contributed by atoms with van der Waals surface area (Å²) < 4.78 is 32.6. The minimum absolute atomic E-state index is 0.0112. The molecule has 2 aromatic heterocycles. The zero-order chi connectivity index (χ0) is 23.7. The first-order chi connectivity index (χ1) is 16.4. The van der Waals surface area contributed by atoms with Gasteiger partial charge in [0.25, 0.3) is 5.91 Å². The Labute approximate surface area is 202 Å². The van der Waals surface area contributed by atoms with Gasteiger partial charge in [-0.15, -0.1) is 11.3 Å². The molecule has 4 heterocycles. The minimum atomic E-state index is -0.663. The van der Waals surface area contributed by atoms with Crippen LogP contribution in [0.5, 0.6) is 0 Å². The van der Waals surface area contributed by atoms with Gasteiger partial charge in [-0.05, 0) is 24.1 Å². The number of benzene rings is 2. The number of piperazine rings is 1. The van der Waals surface area contributed by atoms with Gasteiger partial charge >= 0.3 is 0 Å². The van der Waals surface area contributed by atoms with Crippen LogP contribution in [0.3, 0.4) is 0 Å². The number of aromatic nitrogens is 1. The summed E-state index contributed by atoms with van der Waals surface area (Å²) in [4.78, 5) is 15.4. The molecule has 0 aliphatic carbocycles. The summed E-state index contributed by atoms with van der Waals surface area (Å²) in [6, 6.07) is 5.95. The molecule has 10 heteroatoms. The number of anilines is 1. The van der Waals surface area contributed by atoms with E-state index in [-0.39, 0.29) is 48.7 Å². The number of halogens is 3. The summed E-state index contributed by atoms with van der Waals surface area (Å²) in [6.45, 7) is 2.51. The quantitative estimate of drug-likeness (QED) is 0.398. The third kappa shape index (κ3) is 2.89. The van der Waals surface area contributed by atoms with Crippen molar-refractivity contribution in [1.29, 1.82) is 5.26 Å². The molecule has 0 unspecified atom stereocenters. The van der Waals surface area contributed by atoms with Crippen molar-refractivity contribution in [3.8, 4) is 17.2 Å². The number of nitrogens with zero attached hydrogens (tertiary/aromatic N) is 3. The van der Waals surface area contributed by atoms with E-state index >= 15 is 4.39 Å². The van der Waals surface area contributed by atoms with Crippen LogP contribution in [0.25, 0.3) is 32.1 Å². The van der Waals surface area contributed by atoms with Crippen molar-refractivity contribution in [2.45, 2.75) is 19.0 Å². The molecule has 1 saturated heterocycles. The van der Waals surface area contributed by atoms with Gasteiger partial charge in [0.1, 0.15) is 22.7 Å². The number of nitrogens with two attached hydrogens (primary N) is 1. The number of hydrogen-bond donors (Lipinski definition) is 2. The lowest BCUT2D eigenvalue weighted by Crippen LogP contribution is -2.54. The van der Waals surface area contributed by atoms with Crippen LogP contribution in [0.2, 0.25) is 5.02 Å². The molecule has 1 amide bonds. The fourth-order valence-electron chi connectivity index (χ4n) is 5.28. The predicted octanol–water partition coefficient (Wildman–Crippen LogP) is 4.73. The van der Waals surface area contributed by atoms with Crippen molar-refractivity contribution >= 4 is 54.8 Å². The molecule has 0 radical (unpaired) electrons. The van der Waals surface area contributed by atoms with Crippen LogP contribution < -0.4 is 11.1 Å². The minimum Gasteiger partial charge on any atom is -0.389 e. The summed E-state index contributed by atoms with van der Waals surface area (Å²) in [6.07, 6.45) is 2.44. The van der Waals surface area contributed by atoms with Gasteiger partial charge in [-0.1, -0.05) is 17.7 Å². The van der Waals surface area contributed by atoms with E-state index in [4.69, 9.17) is 17.3 Å². The summed E-state index contributed by atoms with van der Waals surface area (Å²) in [7, 11) is 0. The molecular weight excluding hydrogens is 480 g/mol. The zero-order valence-corrected chi connectivity index (χ0v) is 19.4. The fourth-order valence-corrected chi connectivity index (χ4v) is 6.53. The third-order valence-corrected chi connectivity index (χ3v) is 8.10. The van der Waals surface area contributed by atoms with Crippen LogP contribution in [-0.4, -0.2) is 41.1 Å². The van der Waals surface area contributed by atoms with E-state index in [0.29, 0.717) is 42.6 Å². The van der Waals surface area contributed by atoms with Crippen molar-refractivity contribution < 1.29 is 13.6 Å². The molecular formula is C24H18ClF2N5OS. The summed E-state index contributed by atoms with van der Waals surface area (Å²) in [5.41, 5.74) is 7.33. The molecule has 0 bridgehead atoms. The van der Waals surface area contributed by atoms with Crippen molar-refractivity contribution in [3.05, 3.63) is 52.2 Å². The van der Waals surface area contributed by atoms with E-state index in [9.17, 15) is 14.4 Å². The van der Waals surface area contributed by atoms with Crippen LogP contribution in [0.15, 0.2) is 24.4 Å². The van der Waals surface area contributed by atoms with Crippen molar-refractivity contribution in [2.24, 2.45) is 0 Å². The second kappa shape index (κ2) is 7.67. The second-order valence-electron chi connectivity index (χ2n) is 8.57. The van der Waals surface area contributed by atoms with Crippen molar-refractivity contribution in [2.75, 3.05) is 25.4 Å². The number of hydrogen-bond acceptors (Lipinski definition) is 5. The Kier molecular flexibility index (Phi) is 4.81. The highest BCUT2D eigenvalue weighted by molar-refractivity contribution is 7.23. The number of nitrogen functional groups attached to an aromatic ring is 1. The van der Waals surface area contributed by atoms with Gasteiger partial charge in [0.15, 0.2) is 0 Å². The molecule has 6 rings (SSSR count). The Morgan fingerprint density at radius 3 is 2.82 bits per heavy atom. The SMILES string of the molecule is N#Cc1c(N)sc2c(F)ccc(-c3c(F)cc4c5c3c(Cl)cn5CC[C@@H]3CNCCN3C4=O)c12. The first-order valence-corrected chi connectivity index (χ1v) is 12.0. The molecule has 6 nitrogen and oxygen atoms in total. The molecule has 2 aromatic carbocycles. The maximum Gasteiger partial charge on any atom is 0.256 e. The third-order valence-electron chi connectivity index (χ3n) is 6.79. The number of rotatable bonds is 1. The van der Waals surface area contributed by atoms with Gasteiger partial charge < -0.3 is 20.5 Å². The average Bonchev–Trinajstić information content (AvgIpc) is 3.34. The van der Waals surface area contributed by atoms with E-state index in [1.807, 2.05) is 10.6 Å². The Balaban J connectivity index is 1.69. The van der Waals surface area contributed by atoms with Gasteiger partial charge in [-0.25, -0.2) is 8.78 Å². The van der Waals surface area contributed by atoms with Crippen LogP contribution in [-0.2, 0) is 6.54 Å². The number of carbonyl (C=O) groups excluding carboxylic acids is 1. The molecule has 34 heavy (non-hydrogen) atoms. The number of thiophene rings is 1. The average molecular weight is 498 g/mol. The first-order valence-electron chi connectivity index (χ1n) is 10.8. The lowest BCUT2D eigenvalue weighted by Gasteiger charge is -2.38. The number of carbonyl (C=O) groups is 1. The van der Waals surface area contributed by atoms with E-state index in [2.05, 4.69) is 5.32 Å². The van der Waals surface area contributed by atoms with Gasteiger partial charge in [0, 0.05) is 54.8 Å². The second-order valence-corrected chi connectivity index (χ2v) is 10.0. The summed E-state index contributed by atoms with van der Waals surface area (Å²) in [5.74, 6) is -1.44. The highest BCUT2D eigenvalue weighted by atomic mass is 35.5. The Bertz CT molecular complexity index is 1570. The van der Waals surface area contributed by atoms with E-state index < -0.39 is 11.6 Å². The zero-order valence-electron chi connectivity index (χ0n) is 17.8. The molecule has 0 saturated carbocycles. The van der Waals surface area contributed by atoms with Crippen molar-refractivity contribution in [3.63, 3.8) is 0 Å². The van der Waals surface area contributed by atoms with Gasteiger partial charge in [0.05, 0.1) is 26.4 Å². The van der Waals surface area contributed by atoms with E-state index in [1.165, 1.54) is 18.2 Å². The standard InChI is InChI=1S/C24H18ClF2N5OS/c25-15-10-31-5-3-11-9-30-4-6-32(11)24(33)13-7-17(27)19(20(15)21(13)31)12-1-2-16(26)22-18(12)14(8-28)23(29)34-22/h1-2,7,10-11,30H,3-6,9,29H2/t11-/m1/s1. The van der Waals surface area contributed by atoms with Gasteiger partial charge in [0.2, 0.25) is 0 Å². The molecule has 1 atom stereocenters. The molecule has 2 aliphatic rings. The van der Waals surface area contributed by atoms with Crippen LogP contribution in [0, 0.1) is 23.0 Å². The molecule has 172 valence electrons. The number of amides is 1. The van der Waals surface area contributed by atoms with Crippen LogP contribution >= 0.6 is 22.9 Å². The Morgan fingerprint density at radius 2 is 2.03 bits per heavy atom. The molecule has 2 aliphatic heterocycles. The van der Waals surface area contributed by atoms with Gasteiger partial charge in [-0.3, -0.25) is 4.79 Å². The molecule has 3 N–H and O–H groups in total. The summed E-state index contributed by atoms with van der Waals surface area (Å²) in [5, 5.41) is 14.1. The number of nitrogens with one attached hydrogen (secondary N) is 1. The predicted molar refractivity (Wildman–Crippen MR) is 129 cm³/mol. The van der Waals surface area contributed by atoms with E-state index in [0.717, 1.165) is 17.8 Å². The largest absolute Gasteiger partial charge is 0.389 e. The topological polar surface area (TPSA) is 87.1 Å². The smallest absolute Gasteiger partial charge is 0.256 e. The monoisotopic (exact) mass is 497 g/mol. The first kappa shape index (κ1) is 21.4. The van der Waals surface area contributed by atoms with Crippen LogP contribution in [0.1, 0.15) is 22.3 Å². The lowest BCUT2D eigenvalue weighted by molar-refractivity contribution is 0.0615. The van der Waals surface area contributed by atoms with E-state index in [1.54, 1.807) is 11.1 Å².